The first kappa shape index (κ1) is 14.0. The van der Waals surface area contributed by atoms with E-state index in [2.05, 4.69) is 28.8 Å². The Morgan fingerprint density at radius 1 is 1.10 bits per heavy atom. The highest BCUT2D eigenvalue weighted by Crippen LogP contribution is 2.40. The first-order chi connectivity index (χ1) is 9.72. The fraction of sp³-hybridized carbons (Fsp3) is 0.733. The number of hydrogen-bond donors (Lipinski definition) is 2. The molecule has 0 bridgehead atoms. The predicted molar refractivity (Wildman–Crippen MR) is 86.9 cm³/mol. The van der Waals surface area contributed by atoms with Gasteiger partial charge in [0.25, 0.3) is 0 Å². The predicted octanol–water partition coefficient (Wildman–Crippen LogP) is 3.40. The van der Waals surface area contributed by atoms with E-state index >= 15 is 0 Å². The summed E-state index contributed by atoms with van der Waals surface area (Å²) in [6, 6.07) is 0.551. The van der Waals surface area contributed by atoms with Crippen LogP contribution in [0.25, 0.3) is 0 Å². The Morgan fingerprint density at radius 2 is 1.85 bits per heavy atom. The Hall–Kier alpha value is -0.970. The summed E-state index contributed by atoms with van der Waals surface area (Å²) in [4.78, 5) is 9.46. The summed E-state index contributed by atoms with van der Waals surface area (Å²) in [6.07, 6.45) is 8.58. The molecule has 0 aromatic carbocycles. The maximum Gasteiger partial charge on any atom is 0.136 e. The zero-order valence-electron chi connectivity index (χ0n) is 12.6. The van der Waals surface area contributed by atoms with Crippen LogP contribution in [0.15, 0.2) is 0 Å². The molecule has 2 saturated carbocycles. The second-order valence-electron chi connectivity index (χ2n) is 5.88. The molecule has 20 heavy (non-hydrogen) atoms. The van der Waals surface area contributed by atoms with E-state index in [4.69, 9.17) is 4.98 Å². The van der Waals surface area contributed by atoms with E-state index in [1.807, 2.05) is 18.8 Å². The molecular weight excluding hydrogens is 268 g/mol. The Kier molecular flexibility index (Phi) is 4.06. The Bertz CT molecular complexity index is 487. The van der Waals surface area contributed by atoms with Gasteiger partial charge in [-0.2, -0.15) is 11.8 Å². The number of anilines is 2. The van der Waals surface area contributed by atoms with Gasteiger partial charge in [-0.15, -0.1) is 0 Å². The van der Waals surface area contributed by atoms with E-state index in [0.29, 0.717) is 17.2 Å². The molecule has 0 aliphatic heterocycles. The van der Waals surface area contributed by atoms with Crippen LogP contribution < -0.4 is 10.6 Å². The van der Waals surface area contributed by atoms with E-state index < -0.39 is 0 Å². The lowest BCUT2D eigenvalue weighted by Crippen LogP contribution is -2.27. The van der Waals surface area contributed by atoms with Gasteiger partial charge in [-0.1, -0.05) is 6.42 Å². The van der Waals surface area contributed by atoms with Gasteiger partial charge >= 0.3 is 0 Å². The number of rotatable bonds is 5. The lowest BCUT2D eigenvalue weighted by atomic mass is 10.2. The SMILES string of the molecule is CNc1nc(C2CC2)nc(NC2CCCC2SC)c1C. The van der Waals surface area contributed by atoms with E-state index in [9.17, 15) is 0 Å². The monoisotopic (exact) mass is 292 g/mol. The number of hydrogen-bond acceptors (Lipinski definition) is 5. The standard InChI is InChI=1S/C15H24N4S/c1-9-13(16-2)18-15(10-7-8-10)19-14(9)17-11-5-4-6-12(11)20-3/h10-12H,4-8H2,1-3H3,(H2,16,17,18,19). The molecule has 2 atom stereocenters. The third kappa shape index (κ3) is 2.73. The molecule has 2 unspecified atom stereocenters. The molecule has 1 heterocycles. The van der Waals surface area contributed by atoms with Gasteiger partial charge in [-0.25, -0.2) is 9.97 Å². The molecule has 110 valence electrons. The molecule has 0 radical (unpaired) electrons. The zero-order chi connectivity index (χ0) is 14.1. The molecule has 1 aromatic rings. The molecular formula is C15H24N4S. The van der Waals surface area contributed by atoms with Gasteiger partial charge in [0.2, 0.25) is 0 Å². The minimum atomic E-state index is 0.551. The molecule has 0 spiro atoms. The highest BCUT2D eigenvalue weighted by Gasteiger charge is 2.30. The van der Waals surface area contributed by atoms with Crippen LogP contribution in [-0.2, 0) is 0 Å². The van der Waals surface area contributed by atoms with Gasteiger partial charge in [0.1, 0.15) is 17.5 Å². The zero-order valence-corrected chi connectivity index (χ0v) is 13.4. The molecule has 2 fully saturated rings. The van der Waals surface area contributed by atoms with Crippen molar-refractivity contribution in [3.8, 4) is 0 Å². The maximum atomic E-state index is 4.80. The van der Waals surface area contributed by atoms with Crippen molar-refractivity contribution in [3.63, 3.8) is 0 Å². The first-order valence-corrected chi connectivity index (χ1v) is 8.87. The van der Waals surface area contributed by atoms with E-state index in [1.54, 1.807) is 0 Å². The summed E-state index contributed by atoms with van der Waals surface area (Å²) in [5.74, 6) is 3.62. The smallest absolute Gasteiger partial charge is 0.136 e. The highest BCUT2D eigenvalue weighted by atomic mass is 32.2. The van der Waals surface area contributed by atoms with Crippen LogP contribution in [0.4, 0.5) is 11.6 Å². The third-order valence-electron chi connectivity index (χ3n) is 4.42. The fourth-order valence-electron chi connectivity index (χ4n) is 2.99. The molecule has 0 amide bonds. The fourth-order valence-corrected chi connectivity index (χ4v) is 3.93. The summed E-state index contributed by atoms with van der Waals surface area (Å²) in [7, 11) is 1.94. The number of thioether (sulfide) groups is 1. The minimum absolute atomic E-state index is 0.551. The van der Waals surface area contributed by atoms with Crippen LogP contribution in [0.1, 0.15) is 49.4 Å². The highest BCUT2D eigenvalue weighted by molar-refractivity contribution is 7.99. The Labute approximate surface area is 125 Å². The van der Waals surface area contributed by atoms with Crippen molar-refractivity contribution in [1.29, 1.82) is 0 Å². The first-order valence-electron chi connectivity index (χ1n) is 7.58. The topological polar surface area (TPSA) is 49.8 Å². The van der Waals surface area contributed by atoms with Gasteiger partial charge in [0.05, 0.1) is 0 Å². The Morgan fingerprint density at radius 3 is 2.50 bits per heavy atom. The van der Waals surface area contributed by atoms with Crippen molar-refractivity contribution in [2.24, 2.45) is 0 Å². The maximum absolute atomic E-state index is 4.80. The van der Waals surface area contributed by atoms with Gasteiger partial charge in [0, 0.05) is 29.8 Å². The lowest BCUT2D eigenvalue weighted by molar-refractivity contribution is 0.757. The van der Waals surface area contributed by atoms with Crippen molar-refractivity contribution in [2.45, 2.75) is 56.2 Å². The van der Waals surface area contributed by atoms with Crippen LogP contribution >= 0.6 is 11.8 Å². The van der Waals surface area contributed by atoms with Gasteiger partial charge < -0.3 is 10.6 Å². The van der Waals surface area contributed by atoms with E-state index in [1.165, 1.54) is 32.1 Å². The van der Waals surface area contributed by atoms with Crippen LogP contribution in [0.3, 0.4) is 0 Å². The summed E-state index contributed by atoms with van der Waals surface area (Å²) in [5, 5.41) is 7.62. The number of nitrogens with zero attached hydrogens (tertiary/aromatic N) is 2. The van der Waals surface area contributed by atoms with Crippen LogP contribution in [-0.4, -0.2) is 34.6 Å². The molecule has 3 rings (SSSR count). The molecule has 1 aromatic heterocycles. The van der Waals surface area contributed by atoms with E-state index in [0.717, 1.165) is 23.0 Å². The van der Waals surface area contributed by atoms with Crippen molar-refractivity contribution in [2.75, 3.05) is 23.9 Å². The quantitative estimate of drug-likeness (QED) is 0.871. The van der Waals surface area contributed by atoms with Crippen molar-refractivity contribution >= 4 is 23.4 Å². The normalized spacial score (nSPS) is 25.8. The second-order valence-corrected chi connectivity index (χ2v) is 6.96. The molecule has 2 aliphatic carbocycles. The minimum Gasteiger partial charge on any atom is -0.373 e. The Balaban J connectivity index is 1.85. The average Bonchev–Trinajstić information content (AvgIpc) is 3.21. The second kappa shape index (κ2) is 5.80. The molecule has 0 saturated heterocycles. The van der Waals surface area contributed by atoms with Crippen molar-refractivity contribution in [1.82, 2.24) is 9.97 Å². The average molecular weight is 292 g/mol. The molecule has 2 aliphatic rings. The largest absolute Gasteiger partial charge is 0.373 e. The molecule has 4 nitrogen and oxygen atoms in total. The summed E-state index contributed by atoms with van der Waals surface area (Å²) < 4.78 is 0. The number of aromatic nitrogens is 2. The molecule has 2 N–H and O–H groups in total. The van der Waals surface area contributed by atoms with Gasteiger partial charge in [0.15, 0.2) is 0 Å². The lowest BCUT2D eigenvalue weighted by Gasteiger charge is -2.22. The van der Waals surface area contributed by atoms with Crippen LogP contribution in [0.2, 0.25) is 0 Å². The number of nitrogens with one attached hydrogen (secondary N) is 2. The summed E-state index contributed by atoms with van der Waals surface area (Å²) in [5.41, 5.74) is 1.14. The summed E-state index contributed by atoms with van der Waals surface area (Å²) >= 11 is 1.98. The van der Waals surface area contributed by atoms with Crippen molar-refractivity contribution < 1.29 is 0 Å². The molecule has 5 heteroatoms. The van der Waals surface area contributed by atoms with Crippen LogP contribution in [0.5, 0.6) is 0 Å². The van der Waals surface area contributed by atoms with Crippen LogP contribution in [0, 0.1) is 6.92 Å². The van der Waals surface area contributed by atoms with Gasteiger partial charge in [-0.05, 0) is 38.9 Å². The van der Waals surface area contributed by atoms with E-state index in [-0.39, 0.29) is 0 Å². The summed E-state index contributed by atoms with van der Waals surface area (Å²) in [6.45, 7) is 2.11. The third-order valence-corrected chi connectivity index (χ3v) is 5.59. The van der Waals surface area contributed by atoms with Gasteiger partial charge in [-0.3, -0.25) is 0 Å². The van der Waals surface area contributed by atoms with Crippen molar-refractivity contribution in [3.05, 3.63) is 11.4 Å².